The molecule has 0 aliphatic rings. The Kier molecular flexibility index (Phi) is 4.17. The van der Waals surface area contributed by atoms with Gasteiger partial charge in [-0.25, -0.2) is 4.98 Å². The van der Waals surface area contributed by atoms with E-state index < -0.39 is 5.97 Å². The maximum atomic E-state index is 10.7. The Labute approximate surface area is 121 Å². The number of imidazole rings is 1. The number of aryl methyl sites for hydroxylation is 3. The van der Waals surface area contributed by atoms with E-state index >= 15 is 0 Å². The molecule has 20 heavy (non-hydrogen) atoms. The van der Waals surface area contributed by atoms with Gasteiger partial charge in [-0.05, 0) is 27.7 Å². The molecule has 0 aromatic carbocycles. The van der Waals surface area contributed by atoms with E-state index in [-0.39, 0.29) is 11.8 Å². The number of carbonyl (C=O) groups is 1. The summed E-state index contributed by atoms with van der Waals surface area (Å²) in [5.74, 6) is -0.0900. The predicted molar refractivity (Wildman–Crippen MR) is 75.1 cm³/mol. The first-order chi connectivity index (χ1) is 9.40. The third-order valence-electron chi connectivity index (χ3n) is 3.07. The van der Waals surface area contributed by atoms with Crippen LogP contribution in [-0.4, -0.2) is 31.5 Å². The Morgan fingerprint density at radius 2 is 2.20 bits per heavy atom. The third-order valence-corrected chi connectivity index (χ3v) is 4.02. The molecule has 1 unspecified atom stereocenters. The van der Waals surface area contributed by atoms with Gasteiger partial charge in [0, 0.05) is 11.8 Å². The first-order valence-corrected chi connectivity index (χ1v) is 7.21. The van der Waals surface area contributed by atoms with Crippen molar-refractivity contribution in [1.29, 1.82) is 0 Å². The molecule has 6 nitrogen and oxygen atoms in total. The number of nitrogens with zero attached hydrogens (tertiary/aromatic N) is 3. The Bertz CT molecular complexity index is 613. The minimum Gasteiger partial charge on any atom is -0.481 e. The van der Waals surface area contributed by atoms with Crippen LogP contribution in [0.4, 0.5) is 0 Å². The molecule has 1 atom stereocenters. The van der Waals surface area contributed by atoms with Gasteiger partial charge in [0.15, 0.2) is 5.16 Å². The van der Waals surface area contributed by atoms with Gasteiger partial charge in [0.2, 0.25) is 0 Å². The van der Waals surface area contributed by atoms with Crippen molar-refractivity contribution in [1.82, 2.24) is 14.7 Å². The second kappa shape index (κ2) is 5.70. The lowest BCUT2D eigenvalue weighted by Crippen LogP contribution is -2.10. The molecule has 0 amide bonds. The molecule has 0 saturated carbocycles. The lowest BCUT2D eigenvalue weighted by Gasteiger charge is -2.15. The SMILES string of the molecule is Cc1cn(C(C)c2c(C)noc2C)c(SCC(=O)O)n1. The number of thioether (sulfide) groups is 1. The van der Waals surface area contributed by atoms with Crippen molar-refractivity contribution in [2.45, 2.75) is 38.9 Å². The molecular weight excluding hydrogens is 278 g/mol. The molecule has 0 aliphatic carbocycles. The normalized spacial score (nSPS) is 12.6. The highest BCUT2D eigenvalue weighted by Gasteiger charge is 2.21. The first-order valence-electron chi connectivity index (χ1n) is 6.23. The van der Waals surface area contributed by atoms with Crippen molar-refractivity contribution in [2.75, 3.05) is 5.75 Å². The molecule has 0 spiro atoms. The van der Waals surface area contributed by atoms with Gasteiger partial charge in [-0.15, -0.1) is 0 Å². The van der Waals surface area contributed by atoms with E-state index in [0.29, 0.717) is 5.16 Å². The summed E-state index contributed by atoms with van der Waals surface area (Å²) in [4.78, 5) is 15.1. The molecule has 2 aromatic heterocycles. The van der Waals surface area contributed by atoms with Crippen LogP contribution in [0.25, 0.3) is 0 Å². The highest BCUT2D eigenvalue weighted by atomic mass is 32.2. The van der Waals surface area contributed by atoms with Crippen molar-refractivity contribution in [3.05, 3.63) is 28.9 Å². The fourth-order valence-corrected chi connectivity index (χ4v) is 3.05. The van der Waals surface area contributed by atoms with Crippen molar-refractivity contribution in [3.63, 3.8) is 0 Å². The summed E-state index contributed by atoms with van der Waals surface area (Å²) in [5, 5.41) is 13.5. The topological polar surface area (TPSA) is 81.2 Å². The third kappa shape index (κ3) is 2.87. The minimum absolute atomic E-state index is 0.00116. The zero-order chi connectivity index (χ0) is 14.9. The van der Waals surface area contributed by atoms with Crippen LogP contribution in [0.1, 0.15) is 35.7 Å². The van der Waals surface area contributed by atoms with Crippen molar-refractivity contribution < 1.29 is 14.4 Å². The monoisotopic (exact) mass is 295 g/mol. The quantitative estimate of drug-likeness (QED) is 0.854. The Balaban J connectivity index is 2.34. The minimum atomic E-state index is -0.854. The second-order valence-corrected chi connectivity index (χ2v) is 5.61. The summed E-state index contributed by atoms with van der Waals surface area (Å²) in [5.41, 5.74) is 2.71. The average Bonchev–Trinajstić information content (AvgIpc) is 2.90. The van der Waals surface area contributed by atoms with E-state index in [4.69, 9.17) is 9.63 Å². The van der Waals surface area contributed by atoms with Crippen LogP contribution in [0.2, 0.25) is 0 Å². The van der Waals surface area contributed by atoms with E-state index in [1.54, 1.807) is 0 Å². The molecule has 1 N–H and O–H groups in total. The number of hydrogen-bond acceptors (Lipinski definition) is 5. The van der Waals surface area contributed by atoms with E-state index in [2.05, 4.69) is 10.1 Å². The van der Waals surface area contributed by atoms with Crippen molar-refractivity contribution in [2.24, 2.45) is 0 Å². The van der Waals surface area contributed by atoms with E-state index in [1.165, 1.54) is 11.8 Å². The van der Waals surface area contributed by atoms with Crippen molar-refractivity contribution >= 4 is 17.7 Å². The Morgan fingerprint density at radius 1 is 1.50 bits per heavy atom. The summed E-state index contributed by atoms with van der Waals surface area (Å²) >= 11 is 1.21. The van der Waals surface area contributed by atoms with Gasteiger partial charge in [0.05, 0.1) is 23.2 Å². The van der Waals surface area contributed by atoms with Gasteiger partial charge >= 0.3 is 5.97 Å². The first kappa shape index (κ1) is 14.6. The Morgan fingerprint density at radius 3 is 2.75 bits per heavy atom. The summed E-state index contributed by atoms with van der Waals surface area (Å²) in [6.07, 6.45) is 1.92. The van der Waals surface area contributed by atoms with Crippen LogP contribution in [0.3, 0.4) is 0 Å². The number of aliphatic carboxylic acids is 1. The fraction of sp³-hybridized carbons (Fsp3) is 0.462. The summed E-state index contributed by atoms with van der Waals surface area (Å²) in [7, 11) is 0. The number of hydrogen-bond donors (Lipinski definition) is 1. The van der Waals surface area contributed by atoms with Crippen LogP contribution in [-0.2, 0) is 4.79 Å². The predicted octanol–water partition coefficient (Wildman–Crippen LogP) is 2.58. The van der Waals surface area contributed by atoms with E-state index in [9.17, 15) is 4.79 Å². The van der Waals surface area contributed by atoms with Gasteiger partial charge in [0.25, 0.3) is 0 Å². The highest BCUT2D eigenvalue weighted by Crippen LogP contribution is 2.29. The zero-order valence-corrected chi connectivity index (χ0v) is 12.7. The van der Waals surface area contributed by atoms with Gasteiger partial charge in [-0.3, -0.25) is 4.79 Å². The number of carboxylic acid groups (broad SMARTS) is 1. The fourth-order valence-electron chi connectivity index (χ4n) is 2.23. The zero-order valence-electron chi connectivity index (χ0n) is 11.9. The highest BCUT2D eigenvalue weighted by molar-refractivity contribution is 7.99. The van der Waals surface area contributed by atoms with Gasteiger partial charge in [0.1, 0.15) is 5.76 Å². The van der Waals surface area contributed by atoms with Crippen LogP contribution < -0.4 is 0 Å². The van der Waals surface area contributed by atoms with Crippen LogP contribution in [0.15, 0.2) is 15.9 Å². The molecule has 2 rings (SSSR count). The largest absolute Gasteiger partial charge is 0.481 e. The molecule has 0 bridgehead atoms. The number of aromatic nitrogens is 3. The number of carboxylic acids is 1. The lowest BCUT2D eigenvalue weighted by molar-refractivity contribution is -0.133. The Hall–Kier alpha value is -1.76. The molecule has 0 aliphatic heterocycles. The van der Waals surface area contributed by atoms with Crippen LogP contribution >= 0.6 is 11.8 Å². The summed E-state index contributed by atoms with van der Waals surface area (Å²) < 4.78 is 7.17. The molecule has 0 fully saturated rings. The second-order valence-electron chi connectivity index (χ2n) is 4.67. The average molecular weight is 295 g/mol. The standard InChI is InChI=1S/C13H17N3O3S/c1-7-5-16(13(14-7)20-6-11(17)18)9(3)12-8(2)15-19-10(12)4/h5,9H,6H2,1-4H3,(H,17,18). The molecule has 0 saturated heterocycles. The smallest absolute Gasteiger partial charge is 0.313 e. The number of rotatable bonds is 5. The maximum absolute atomic E-state index is 10.7. The van der Waals surface area contributed by atoms with Gasteiger partial charge in [-0.2, -0.15) is 0 Å². The van der Waals surface area contributed by atoms with E-state index in [1.807, 2.05) is 38.5 Å². The summed E-state index contributed by atoms with van der Waals surface area (Å²) in [6, 6.07) is -0.00116. The molecule has 0 radical (unpaired) electrons. The van der Waals surface area contributed by atoms with Crippen LogP contribution in [0.5, 0.6) is 0 Å². The molecule has 2 heterocycles. The molecule has 2 aromatic rings. The van der Waals surface area contributed by atoms with E-state index in [0.717, 1.165) is 22.7 Å². The molecular formula is C13H17N3O3S. The summed E-state index contributed by atoms with van der Waals surface area (Å²) in [6.45, 7) is 7.69. The lowest BCUT2D eigenvalue weighted by atomic mass is 10.1. The van der Waals surface area contributed by atoms with Crippen LogP contribution in [0, 0.1) is 20.8 Å². The van der Waals surface area contributed by atoms with Gasteiger partial charge < -0.3 is 14.2 Å². The molecule has 7 heteroatoms. The van der Waals surface area contributed by atoms with Gasteiger partial charge in [-0.1, -0.05) is 16.9 Å². The molecule has 108 valence electrons. The van der Waals surface area contributed by atoms with Crippen molar-refractivity contribution in [3.8, 4) is 0 Å². The maximum Gasteiger partial charge on any atom is 0.313 e.